The highest BCUT2D eigenvalue weighted by Crippen LogP contribution is 2.36. The number of hydrogen-bond acceptors (Lipinski definition) is 3. The molecule has 1 unspecified atom stereocenters. The first kappa shape index (κ1) is 13.3. The second kappa shape index (κ2) is 5.65. The first-order chi connectivity index (χ1) is 8.11. The maximum absolute atomic E-state index is 3.58. The molecule has 0 spiro atoms. The highest BCUT2D eigenvalue weighted by molar-refractivity contribution is 9.11. The van der Waals surface area contributed by atoms with Crippen LogP contribution in [-0.4, -0.2) is 6.54 Å². The van der Waals surface area contributed by atoms with E-state index in [1.54, 1.807) is 0 Å². The summed E-state index contributed by atoms with van der Waals surface area (Å²) in [6.45, 7) is 7.52. The van der Waals surface area contributed by atoms with Crippen LogP contribution in [0.4, 0.5) is 0 Å². The fourth-order valence-electron chi connectivity index (χ4n) is 1.96. The summed E-state index contributed by atoms with van der Waals surface area (Å²) in [6.07, 6.45) is 0. The van der Waals surface area contributed by atoms with Crippen molar-refractivity contribution < 1.29 is 0 Å². The number of hydrogen-bond donors (Lipinski definition) is 1. The van der Waals surface area contributed by atoms with Crippen LogP contribution in [0.5, 0.6) is 0 Å². The van der Waals surface area contributed by atoms with Gasteiger partial charge in [0.1, 0.15) is 0 Å². The Bertz CT molecular complexity index is 501. The molecule has 0 bridgehead atoms. The van der Waals surface area contributed by atoms with Gasteiger partial charge in [0.25, 0.3) is 0 Å². The summed E-state index contributed by atoms with van der Waals surface area (Å²) in [5.74, 6) is 0. The van der Waals surface area contributed by atoms with Crippen molar-refractivity contribution in [1.82, 2.24) is 5.32 Å². The lowest BCUT2D eigenvalue weighted by Crippen LogP contribution is -2.20. The number of thiophene rings is 2. The van der Waals surface area contributed by atoms with Gasteiger partial charge in [-0.3, -0.25) is 0 Å². The topological polar surface area (TPSA) is 12.0 Å². The van der Waals surface area contributed by atoms with Crippen molar-refractivity contribution in [3.63, 3.8) is 0 Å². The molecular formula is C13H16BrNS2. The predicted molar refractivity (Wildman–Crippen MR) is 81.3 cm³/mol. The van der Waals surface area contributed by atoms with E-state index in [9.17, 15) is 0 Å². The molecule has 1 atom stereocenters. The summed E-state index contributed by atoms with van der Waals surface area (Å²) in [6, 6.07) is 6.94. The van der Waals surface area contributed by atoms with Crippen LogP contribution >= 0.6 is 38.6 Å². The molecule has 2 rings (SSSR count). The lowest BCUT2D eigenvalue weighted by molar-refractivity contribution is 0.646. The molecule has 17 heavy (non-hydrogen) atoms. The van der Waals surface area contributed by atoms with Crippen molar-refractivity contribution in [3.05, 3.63) is 42.2 Å². The number of halogens is 1. The van der Waals surface area contributed by atoms with E-state index in [0.717, 1.165) is 6.54 Å². The molecule has 1 nitrogen and oxygen atoms in total. The van der Waals surface area contributed by atoms with Gasteiger partial charge in [-0.05, 0) is 60.1 Å². The average Bonchev–Trinajstić information content (AvgIpc) is 2.82. The molecule has 0 radical (unpaired) electrons. The van der Waals surface area contributed by atoms with Crippen LogP contribution in [0.1, 0.15) is 33.2 Å². The summed E-state index contributed by atoms with van der Waals surface area (Å²) < 4.78 is 1.20. The number of rotatable bonds is 4. The van der Waals surface area contributed by atoms with Crippen LogP contribution in [0, 0.1) is 13.8 Å². The first-order valence-electron chi connectivity index (χ1n) is 5.67. The van der Waals surface area contributed by atoms with Crippen molar-refractivity contribution in [1.29, 1.82) is 0 Å². The third kappa shape index (κ3) is 2.99. The summed E-state index contributed by atoms with van der Waals surface area (Å²) >= 11 is 7.25. The standard InChI is InChI=1S/C13H16BrNS2/c1-4-15-12(10-5-6-11(14)17-10)13-8(2)7-9(3)16-13/h5-7,12,15H,4H2,1-3H3. The monoisotopic (exact) mass is 329 g/mol. The van der Waals surface area contributed by atoms with Crippen LogP contribution in [-0.2, 0) is 0 Å². The second-order valence-corrected chi connectivity index (χ2v) is 7.82. The minimum atomic E-state index is 0.343. The molecule has 0 amide bonds. The van der Waals surface area contributed by atoms with E-state index in [0.29, 0.717) is 6.04 Å². The molecule has 4 heteroatoms. The van der Waals surface area contributed by atoms with E-state index in [2.05, 4.69) is 60.2 Å². The Morgan fingerprint density at radius 3 is 2.53 bits per heavy atom. The quantitative estimate of drug-likeness (QED) is 0.842. The second-order valence-electron chi connectivity index (χ2n) is 4.04. The average molecular weight is 330 g/mol. The summed E-state index contributed by atoms with van der Waals surface area (Å²) in [5.41, 5.74) is 1.39. The zero-order valence-corrected chi connectivity index (χ0v) is 13.4. The van der Waals surface area contributed by atoms with Gasteiger partial charge >= 0.3 is 0 Å². The maximum Gasteiger partial charge on any atom is 0.0768 e. The van der Waals surface area contributed by atoms with E-state index in [1.807, 2.05) is 22.7 Å². The molecule has 2 aromatic rings. The molecule has 2 aromatic heterocycles. The third-order valence-electron chi connectivity index (χ3n) is 2.63. The van der Waals surface area contributed by atoms with Gasteiger partial charge in [0.15, 0.2) is 0 Å². The Morgan fingerprint density at radius 1 is 1.29 bits per heavy atom. The highest BCUT2D eigenvalue weighted by atomic mass is 79.9. The van der Waals surface area contributed by atoms with Crippen molar-refractivity contribution in [2.45, 2.75) is 26.8 Å². The van der Waals surface area contributed by atoms with Gasteiger partial charge in [-0.25, -0.2) is 0 Å². The van der Waals surface area contributed by atoms with Crippen LogP contribution in [0.2, 0.25) is 0 Å². The molecule has 2 heterocycles. The molecule has 0 fully saturated rings. The van der Waals surface area contributed by atoms with Crippen LogP contribution < -0.4 is 5.32 Å². The lowest BCUT2D eigenvalue weighted by atomic mass is 10.1. The van der Waals surface area contributed by atoms with Crippen LogP contribution in [0.15, 0.2) is 22.0 Å². The molecule has 1 N–H and O–H groups in total. The fraction of sp³-hybridized carbons (Fsp3) is 0.385. The summed E-state index contributed by atoms with van der Waals surface area (Å²) in [5, 5.41) is 3.58. The molecule has 0 aliphatic carbocycles. The Morgan fingerprint density at radius 2 is 2.06 bits per heavy atom. The van der Waals surface area contributed by atoms with E-state index in [4.69, 9.17) is 0 Å². The largest absolute Gasteiger partial charge is 0.305 e. The fourth-order valence-corrected chi connectivity index (χ4v) is 4.67. The molecule has 0 saturated heterocycles. The van der Waals surface area contributed by atoms with Crippen molar-refractivity contribution in [2.24, 2.45) is 0 Å². The van der Waals surface area contributed by atoms with Gasteiger partial charge < -0.3 is 5.32 Å². The van der Waals surface area contributed by atoms with E-state index >= 15 is 0 Å². The van der Waals surface area contributed by atoms with E-state index < -0.39 is 0 Å². The molecule has 0 saturated carbocycles. The van der Waals surface area contributed by atoms with Crippen LogP contribution in [0.25, 0.3) is 0 Å². The zero-order chi connectivity index (χ0) is 12.4. The van der Waals surface area contributed by atoms with Gasteiger partial charge in [0.05, 0.1) is 9.83 Å². The van der Waals surface area contributed by atoms with Crippen molar-refractivity contribution in [2.75, 3.05) is 6.54 Å². The minimum absolute atomic E-state index is 0.343. The molecule has 0 aromatic carbocycles. The highest BCUT2D eigenvalue weighted by Gasteiger charge is 2.19. The third-order valence-corrected chi connectivity index (χ3v) is 5.53. The molecular weight excluding hydrogens is 314 g/mol. The Balaban J connectivity index is 2.38. The Kier molecular flexibility index (Phi) is 4.42. The van der Waals surface area contributed by atoms with Crippen LogP contribution in [0.3, 0.4) is 0 Å². The Hall–Kier alpha value is -0.160. The van der Waals surface area contributed by atoms with Gasteiger partial charge in [-0.1, -0.05) is 6.92 Å². The van der Waals surface area contributed by atoms with E-state index in [1.165, 1.54) is 24.0 Å². The van der Waals surface area contributed by atoms with Crippen molar-refractivity contribution in [3.8, 4) is 0 Å². The lowest BCUT2D eigenvalue weighted by Gasteiger charge is -2.16. The number of nitrogens with one attached hydrogen (secondary N) is 1. The normalized spacial score (nSPS) is 12.9. The Labute approximate surface area is 119 Å². The molecule has 92 valence electrons. The maximum atomic E-state index is 3.58. The SMILES string of the molecule is CCNC(c1ccc(Br)s1)c1sc(C)cc1C. The number of aryl methyl sites for hydroxylation is 2. The molecule has 0 aliphatic rings. The first-order valence-corrected chi connectivity index (χ1v) is 8.10. The van der Waals surface area contributed by atoms with Gasteiger partial charge in [0.2, 0.25) is 0 Å². The van der Waals surface area contributed by atoms with E-state index in [-0.39, 0.29) is 0 Å². The zero-order valence-electron chi connectivity index (χ0n) is 10.2. The van der Waals surface area contributed by atoms with Gasteiger partial charge in [-0.15, -0.1) is 22.7 Å². The summed E-state index contributed by atoms with van der Waals surface area (Å²) in [4.78, 5) is 4.21. The van der Waals surface area contributed by atoms with Gasteiger partial charge in [-0.2, -0.15) is 0 Å². The van der Waals surface area contributed by atoms with Crippen molar-refractivity contribution >= 4 is 38.6 Å². The smallest absolute Gasteiger partial charge is 0.0768 e. The minimum Gasteiger partial charge on any atom is -0.305 e. The summed E-state index contributed by atoms with van der Waals surface area (Å²) in [7, 11) is 0. The molecule has 0 aliphatic heterocycles. The van der Waals surface area contributed by atoms with Gasteiger partial charge in [0, 0.05) is 14.6 Å². The predicted octanol–water partition coefficient (Wildman–Crippen LogP) is 4.89.